The number of benzene rings is 1. The zero-order valence-corrected chi connectivity index (χ0v) is 15.0. The third-order valence-corrected chi connectivity index (χ3v) is 3.52. The number of hydrogen-bond donors (Lipinski definition) is 1. The Kier molecular flexibility index (Phi) is 6.97. The molecular weight excluding hydrogens is 488 g/mol. The lowest BCUT2D eigenvalue weighted by Crippen LogP contribution is -2.58. The fourth-order valence-electron chi connectivity index (χ4n) is 1.50. The van der Waals surface area contributed by atoms with Crippen molar-refractivity contribution in [2.24, 2.45) is 5.10 Å². The van der Waals surface area contributed by atoms with Crippen LogP contribution in [-0.4, -0.2) is 38.1 Å². The molecule has 0 bridgehead atoms. The van der Waals surface area contributed by atoms with Gasteiger partial charge in [0.1, 0.15) is 6.61 Å². The van der Waals surface area contributed by atoms with Crippen molar-refractivity contribution in [1.82, 2.24) is 5.43 Å². The minimum Gasteiger partial charge on any atom is -0.493 e. The first-order valence-corrected chi connectivity index (χ1v) is 7.51. The van der Waals surface area contributed by atoms with Crippen molar-refractivity contribution in [2.45, 2.75) is 18.1 Å². The molecule has 0 heterocycles. The van der Waals surface area contributed by atoms with Crippen molar-refractivity contribution in [3.63, 3.8) is 0 Å². The zero-order valence-electron chi connectivity index (χ0n) is 12.8. The molecule has 144 valence electrons. The van der Waals surface area contributed by atoms with Crippen molar-refractivity contribution in [3.8, 4) is 23.8 Å². The van der Waals surface area contributed by atoms with E-state index in [1.807, 2.05) is 0 Å². The normalized spacial score (nSPS) is 12.8. The number of hydrogen-bond acceptors (Lipinski definition) is 4. The number of hydrazone groups is 1. The molecule has 4 nitrogen and oxygen atoms in total. The van der Waals surface area contributed by atoms with E-state index < -0.39 is 18.1 Å². The quantitative estimate of drug-likeness (QED) is 0.154. The summed E-state index contributed by atoms with van der Waals surface area (Å²) in [5, 5.41) is 2.76. The lowest BCUT2D eigenvalue weighted by atomic mass is 10.2. The van der Waals surface area contributed by atoms with E-state index in [4.69, 9.17) is 15.9 Å². The Morgan fingerprint density at radius 1 is 1.23 bits per heavy atom. The lowest BCUT2D eigenvalue weighted by Gasteiger charge is -2.27. The molecule has 0 amide bonds. The average molecular weight is 498 g/mol. The van der Waals surface area contributed by atoms with Crippen LogP contribution in [0.4, 0.5) is 30.7 Å². The Morgan fingerprint density at radius 3 is 2.35 bits per heavy atom. The molecule has 0 fully saturated rings. The van der Waals surface area contributed by atoms with Crippen LogP contribution in [0.15, 0.2) is 17.2 Å². The van der Waals surface area contributed by atoms with Crippen molar-refractivity contribution in [2.75, 3.05) is 13.7 Å². The molecule has 0 spiro atoms. The topological polar surface area (TPSA) is 42.8 Å². The molecule has 26 heavy (non-hydrogen) atoms. The summed E-state index contributed by atoms with van der Waals surface area (Å²) in [5.74, 6) is -3.72. The van der Waals surface area contributed by atoms with Gasteiger partial charge in [0.25, 0.3) is 0 Å². The van der Waals surface area contributed by atoms with Crippen LogP contribution in [0.1, 0.15) is 5.56 Å². The smallest absolute Gasteiger partial charge is 0.462 e. The molecule has 0 atom stereocenters. The minimum absolute atomic E-state index is 0.0675. The maximum atomic E-state index is 13.1. The molecule has 0 saturated heterocycles. The molecule has 0 saturated carbocycles. The van der Waals surface area contributed by atoms with E-state index in [0.717, 1.165) is 0 Å². The highest BCUT2D eigenvalue weighted by Gasteiger charge is 2.73. The van der Waals surface area contributed by atoms with E-state index in [1.54, 1.807) is 22.6 Å². The molecule has 1 rings (SSSR count). The second-order valence-corrected chi connectivity index (χ2v) is 5.71. The molecule has 0 aliphatic carbocycles. The fourth-order valence-corrected chi connectivity index (χ4v) is 2.29. The third kappa shape index (κ3) is 4.83. The summed E-state index contributed by atoms with van der Waals surface area (Å²) < 4.78 is 98.3. The van der Waals surface area contributed by atoms with Crippen molar-refractivity contribution >= 4 is 28.8 Å². The van der Waals surface area contributed by atoms with Crippen LogP contribution in [0, 0.1) is 15.9 Å². The highest BCUT2D eigenvalue weighted by molar-refractivity contribution is 14.1. The Hall–Kier alpha value is -1.91. The standard InChI is InChI=1S/C14H10F7IN2O2/c1-3-4-26-11-9(22)5-8(6-10(11)25-2)7-23-24-14(20,21)12(15,16)13(17,18)19/h1,5-7,24H,4H2,2H3/b23-7+. The lowest BCUT2D eigenvalue weighted by molar-refractivity contribution is -0.361. The SMILES string of the molecule is C#CCOc1c(I)cc(/C=N/NC(F)(F)C(F)(F)C(F)(F)F)cc1OC. The van der Waals surface area contributed by atoms with Crippen LogP contribution in [0.2, 0.25) is 0 Å². The molecule has 0 aliphatic heterocycles. The van der Waals surface area contributed by atoms with E-state index in [1.165, 1.54) is 19.2 Å². The van der Waals surface area contributed by atoms with Crippen molar-refractivity contribution in [1.29, 1.82) is 0 Å². The first-order valence-electron chi connectivity index (χ1n) is 6.43. The molecule has 0 radical (unpaired) electrons. The van der Waals surface area contributed by atoms with Gasteiger partial charge in [0, 0.05) is 0 Å². The maximum absolute atomic E-state index is 13.1. The summed E-state index contributed by atoms with van der Waals surface area (Å²) in [6.45, 7) is -0.0832. The average Bonchev–Trinajstić information content (AvgIpc) is 2.52. The highest BCUT2D eigenvalue weighted by Crippen LogP contribution is 2.45. The summed E-state index contributed by atoms with van der Waals surface area (Å²) in [6.07, 6.45) is -0.770. The van der Waals surface area contributed by atoms with Crippen LogP contribution >= 0.6 is 22.6 Å². The van der Waals surface area contributed by atoms with Gasteiger partial charge in [-0.15, -0.1) is 6.42 Å². The molecule has 1 aromatic rings. The predicted octanol–water partition coefficient (Wildman–Crippen LogP) is 4.03. The van der Waals surface area contributed by atoms with Crippen LogP contribution in [-0.2, 0) is 0 Å². The van der Waals surface area contributed by atoms with Gasteiger partial charge in [-0.2, -0.15) is 35.8 Å². The number of ether oxygens (including phenoxy) is 2. The molecule has 0 aromatic heterocycles. The van der Waals surface area contributed by atoms with E-state index in [0.29, 0.717) is 15.2 Å². The second kappa shape index (κ2) is 8.19. The van der Waals surface area contributed by atoms with Gasteiger partial charge in [-0.05, 0) is 40.3 Å². The summed E-state index contributed by atoms with van der Waals surface area (Å²) in [5.41, 5.74) is 0.593. The molecule has 12 heteroatoms. The Bertz CT molecular complexity index is 714. The van der Waals surface area contributed by atoms with Crippen molar-refractivity contribution < 1.29 is 40.2 Å². The number of rotatable bonds is 7. The third-order valence-electron chi connectivity index (χ3n) is 2.72. The van der Waals surface area contributed by atoms with Crippen LogP contribution in [0.25, 0.3) is 0 Å². The largest absolute Gasteiger partial charge is 0.493 e. The maximum Gasteiger partial charge on any atom is 0.462 e. The number of alkyl halides is 7. The number of nitrogens with zero attached hydrogens (tertiary/aromatic N) is 1. The Labute approximate surface area is 156 Å². The van der Waals surface area contributed by atoms with Gasteiger partial charge in [0.15, 0.2) is 11.5 Å². The van der Waals surface area contributed by atoms with Gasteiger partial charge in [0.2, 0.25) is 0 Å². The molecular formula is C14H10F7IN2O2. The fraction of sp³-hybridized carbons (Fsp3) is 0.357. The zero-order chi connectivity index (χ0) is 20.2. The van der Waals surface area contributed by atoms with Gasteiger partial charge >= 0.3 is 18.1 Å². The second-order valence-electron chi connectivity index (χ2n) is 4.54. The van der Waals surface area contributed by atoms with E-state index in [-0.39, 0.29) is 23.7 Å². The summed E-state index contributed by atoms with van der Waals surface area (Å²) >= 11 is 1.79. The number of terminal acetylenes is 1. The predicted molar refractivity (Wildman–Crippen MR) is 86.7 cm³/mol. The highest BCUT2D eigenvalue weighted by atomic mass is 127. The molecule has 1 N–H and O–H groups in total. The number of halogens is 8. The number of methoxy groups -OCH3 is 1. The Morgan fingerprint density at radius 2 is 1.85 bits per heavy atom. The van der Waals surface area contributed by atoms with Crippen LogP contribution in [0.3, 0.4) is 0 Å². The molecule has 0 aliphatic rings. The minimum atomic E-state index is -6.45. The van der Waals surface area contributed by atoms with Gasteiger partial charge < -0.3 is 9.47 Å². The van der Waals surface area contributed by atoms with E-state index in [9.17, 15) is 30.7 Å². The van der Waals surface area contributed by atoms with Crippen molar-refractivity contribution in [3.05, 3.63) is 21.3 Å². The van der Waals surface area contributed by atoms with Crippen LogP contribution < -0.4 is 14.9 Å². The van der Waals surface area contributed by atoms with Gasteiger partial charge in [-0.1, -0.05) is 5.92 Å². The van der Waals surface area contributed by atoms with E-state index in [2.05, 4.69) is 11.0 Å². The van der Waals surface area contributed by atoms with E-state index >= 15 is 0 Å². The monoisotopic (exact) mass is 498 g/mol. The first-order chi connectivity index (χ1) is 11.9. The summed E-state index contributed by atoms with van der Waals surface area (Å²) in [4.78, 5) is 0. The molecule has 0 unspecified atom stereocenters. The van der Waals surface area contributed by atoms with Gasteiger partial charge in [-0.25, -0.2) is 5.43 Å². The van der Waals surface area contributed by atoms with Crippen LogP contribution in [0.5, 0.6) is 11.5 Å². The number of nitrogens with one attached hydrogen (secondary N) is 1. The van der Waals surface area contributed by atoms with Gasteiger partial charge in [0.05, 0.1) is 16.9 Å². The Balaban J connectivity index is 3.02. The summed E-state index contributed by atoms with van der Waals surface area (Å²) in [7, 11) is 1.27. The summed E-state index contributed by atoms with van der Waals surface area (Å²) in [6, 6.07) is -3.08. The first kappa shape index (κ1) is 22.1. The molecule has 1 aromatic carbocycles. The van der Waals surface area contributed by atoms with Gasteiger partial charge in [-0.3, -0.25) is 0 Å².